The lowest BCUT2D eigenvalue weighted by Crippen LogP contribution is -2.02. The first-order valence-corrected chi connectivity index (χ1v) is 4.95. The van der Waals surface area contributed by atoms with Crippen LogP contribution in [0.3, 0.4) is 0 Å². The number of phenolic OH excluding ortho intramolecular Hbond substituents is 1. The molecule has 0 aliphatic rings. The van der Waals surface area contributed by atoms with Gasteiger partial charge in [0.1, 0.15) is 5.75 Å². The van der Waals surface area contributed by atoms with Crippen molar-refractivity contribution in [2.45, 2.75) is 6.42 Å². The molecule has 0 unspecified atom stereocenters. The molecule has 2 aromatic rings. The van der Waals surface area contributed by atoms with Crippen LogP contribution in [0.4, 0.5) is 0 Å². The Balaban J connectivity index is 2.13. The first kappa shape index (κ1) is 10.4. The van der Waals surface area contributed by atoms with Gasteiger partial charge >= 0.3 is 0 Å². The minimum atomic E-state index is -0.00120. The molecule has 16 heavy (non-hydrogen) atoms. The molecule has 0 bridgehead atoms. The molecule has 4 nitrogen and oxygen atoms in total. The Morgan fingerprint density at radius 2 is 2.31 bits per heavy atom. The summed E-state index contributed by atoms with van der Waals surface area (Å²) in [6.45, 7) is 0. The highest BCUT2D eigenvalue weighted by Crippen LogP contribution is 2.13. The van der Waals surface area contributed by atoms with E-state index in [9.17, 15) is 9.90 Å². The fraction of sp³-hybridized carbons (Fsp3) is 0.167. The predicted molar refractivity (Wildman–Crippen MR) is 59.3 cm³/mol. The van der Waals surface area contributed by atoms with Crippen molar-refractivity contribution in [3.8, 4) is 5.75 Å². The highest BCUT2D eigenvalue weighted by molar-refractivity contribution is 5.97. The van der Waals surface area contributed by atoms with Gasteiger partial charge in [-0.15, -0.1) is 0 Å². The van der Waals surface area contributed by atoms with Gasteiger partial charge in [0.2, 0.25) is 0 Å². The number of nitrogens with zero attached hydrogens (tertiary/aromatic N) is 2. The molecule has 1 heterocycles. The van der Waals surface area contributed by atoms with E-state index in [1.165, 1.54) is 0 Å². The predicted octanol–water partition coefficient (Wildman–Crippen LogP) is 1.55. The minimum absolute atomic E-state index is 0.00120. The Morgan fingerprint density at radius 3 is 2.94 bits per heavy atom. The number of benzene rings is 1. The van der Waals surface area contributed by atoms with Crippen LogP contribution in [0.1, 0.15) is 15.9 Å². The summed E-state index contributed by atoms with van der Waals surface area (Å²) >= 11 is 0. The number of hydrogen-bond acceptors (Lipinski definition) is 3. The molecule has 1 aromatic heterocycles. The zero-order valence-electron chi connectivity index (χ0n) is 8.92. The van der Waals surface area contributed by atoms with Crippen LogP contribution in [0.2, 0.25) is 0 Å². The number of ketones is 1. The molecule has 0 saturated heterocycles. The van der Waals surface area contributed by atoms with E-state index in [4.69, 9.17) is 0 Å². The Bertz CT molecular complexity index is 517. The molecule has 0 atom stereocenters. The van der Waals surface area contributed by atoms with Gasteiger partial charge in [0.15, 0.2) is 5.78 Å². The molecule has 1 aromatic carbocycles. The summed E-state index contributed by atoms with van der Waals surface area (Å²) in [5, 5.41) is 13.2. The number of Topliss-reactive ketones (excluding diaryl/α,β-unsaturated/α-hetero) is 1. The molecule has 1 N–H and O–H groups in total. The molecule has 0 aliphatic carbocycles. The first-order chi connectivity index (χ1) is 7.65. The van der Waals surface area contributed by atoms with Gasteiger partial charge in [-0.2, -0.15) is 5.10 Å². The summed E-state index contributed by atoms with van der Waals surface area (Å²) in [7, 11) is 1.77. The standard InChI is InChI=1S/C12H12N2O2/c1-14-8-10(7-13-14)12(16)6-9-3-2-4-11(15)5-9/h2-5,7-8,15H,6H2,1H3. The highest BCUT2D eigenvalue weighted by Gasteiger charge is 2.09. The normalized spacial score (nSPS) is 10.3. The van der Waals surface area contributed by atoms with E-state index in [-0.39, 0.29) is 18.0 Å². The zero-order valence-corrected chi connectivity index (χ0v) is 8.92. The zero-order chi connectivity index (χ0) is 11.5. The van der Waals surface area contributed by atoms with Crippen LogP contribution >= 0.6 is 0 Å². The van der Waals surface area contributed by atoms with Gasteiger partial charge in [0, 0.05) is 19.7 Å². The largest absolute Gasteiger partial charge is 0.508 e. The fourth-order valence-electron chi connectivity index (χ4n) is 1.52. The summed E-state index contributed by atoms with van der Waals surface area (Å²) in [6, 6.07) is 6.71. The second-order valence-electron chi connectivity index (χ2n) is 3.67. The number of phenols is 1. The number of carbonyl (C=O) groups is 1. The number of rotatable bonds is 3. The summed E-state index contributed by atoms with van der Waals surface area (Å²) < 4.78 is 1.59. The van der Waals surface area contributed by atoms with Crippen LogP contribution in [0.15, 0.2) is 36.7 Å². The lowest BCUT2D eigenvalue weighted by atomic mass is 10.1. The number of aryl methyl sites for hydroxylation is 1. The van der Waals surface area contributed by atoms with E-state index in [2.05, 4.69) is 5.10 Å². The van der Waals surface area contributed by atoms with Crippen LogP contribution < -0.4 is 0 Å². The average Bonchev–Trinajstić information content (AvgIpc) is 2.65. The van der Waals surface area contributed by atoms with Gasteiger partial charge in [-0.05, 0) is 17.7 Å². The van der Waals surface area contributed by atoms with Crippen molar-refractivity contribution >= 4 is 5.78 Å². The Kier molecular flexibility index (Phi) is 2.72. The molecular formula is C12H12N2O2. The Morgan fingerprint density at radius 1 is 1.50 bits per heavy atom. The summed E-state index contributed by atoms with van der Waals surface area (Å²) in [4.78, 5) is 11.8. The number of aromatic nitrogens is 2. The number of aromatic hydroxyl groups is 1. The third-order valence-corrected chi connectivity index (χ3v) is 2.30. The topological polar surface area (TPSA) is 55.1 Å². The van der Waals surface area contributed by atoms with Gasteiger partial charge in [-0.3, -0.25) is 9.48 Å². The van der Waals surface area contributed by atoms with Crippen LogP contribution in [0.5, 0.6) is 5.75 Å². The maximum absolute atomic E-state index is 11.8. The minimum Gasteiger partial charge on any atom is -0.508 e. The van der Waals surface area contributed by atoms with E-state index in [1.807, 2.05) is 6.07 Å². The van der Waals surface area contributed by atoms with Crippen molar-refractivity contribution in [2.75, 3.05) is 0 Å². The molecular weight excluding hydrogens is 204 g/mol. The van der Waals surface area contributed by atoms with Crippen molar-refractivity contribution in [3.05, 3.63) is 47.8 Å². The molecule has 0 amide bonds. The number of carbonyl (C=O) groups excluding carboxylic acids is 1. The van der Waals surface area contributed by atoms with E-state index in [0.717, 1.165) is 5.56 Å². The average molecular weight is 216 g/mol. The van der Waals surface area contributed by atoms with Gasteiger partial charge in [-0.1, -0.05) is 12.1 Å². The Labute approximate surface area is 93.1 Å². The van der Waals surface area contributed by atoms with Crippen molar-refractivity contribution in [3.63, 3.8) is 0 Å². The maximum Gasteiger partial charge on any atom is 0.170 e. The molecule has 0 aliphatic heterocycles. The van der Waals surface area contributed by atoms with E-state index >= 15 is 0 Å². The van der Waals surface area contributed by atoms with Crippen molar-refractivity contribution < 1.29 is 9.90 Å². The second kappa shape index (κ2) is 4.18. The van der Waals surface area contributed by atoms with E-state index in [1.54, 1.807) is 42.3 Å². The van der Waals surface area contributed by atoms with Crippen molar-refractivity contribution in [1.29, 1.82) is 0 Å². The lowest BCUT2D eigenvalue weighted by Gasteiger charge is -1.99. The maximum atomic E-state index is 11.8. The van der Waals surface area contributed by atoms with Crippen LogP contribution in [0, 0.1) is 0 Å². The van der Waals surface area contributed by atoms with E-state index < -0.39 is 0 Å². The molecule has 0 saturated carbocycles. The molecule has 0 spiro atoms. The van der Waals surface area contributed by atoms with Gasteiger partial charge in [0.25, 0.3) is 0 Å². The third kappa shape index (κ3) is 2.28. The smallest absolute Gasteiger partial charge is 0.170 e. The Hall–Kier alpha value is -2.10. The van der Waals surface area contributed by atoms with E-state index in [0.29, 0.717) is 5.56 Å². The second-order valence-corrected chi connectivity index (χ2v) is 3.67. The van der Waals surface area contributed by atoms with Crippen molar-refractivity contribution in [2.24, 2.45) is 7.05 Å². The molecule has 0 radical (unpaired) electrons. The highest BCUT2D eigenvalue weighted by atomic mass is 16.3. The monoisotopic (exact) mass is 216 g/mol. The van der Waals surface area contributed by atoms with Crippen LogP contribution in [0.25, 0.3) is 0 Å². The molecule has 0 fully saturated rings. The van der Waals surface area contributed by atoms with Gasteiger partial charge < -0.3 is 5.11 Å². The van der Waals surface area contributed by atoms with Gasteiger partial charge in [-0.25, -0.2) is 0 Å². The number of hydrogen-bond donors (Lipinski definition) is 1. The molecule has 82 valence electrons. The van der Waals surface area contributed by atoms with Crippen LogP contribution in [-0.4, -0.2) is 20.7 Å². The summed E-state index contributed by atoms with van der Waals surface area (Å²) in [5.41, 5.74) is 1.39. The molecule has 2 rings (SSSR count). The molecule has 4 heteroatoms. The van der Waals surface area contributed by atoms with Crippen LogP contribution in [-0.2, 0) is 13.5 Å². The lowest BCUT2D eigenvalue weighted by molar-refractivity contribution is 0.0993. The fourth-order valence-corrected chi connectivity index (χ4v) is 1.52. The SMILES string of the molecule is Cn1cc(C(=O)Cc2cccc(O)c2)cn1. The summed E-state index contributed by atoms with van der Waals surface area (Å²) in [6.07, 6.45) is 3.51. The van der Waals surface area contributed by atoms with Gasteiger partial charge in [0.05, 0.1) is 11.8 Å². The first-order valence-electron chi connectivity index (χ1n) is 4.95. The summed E-state index contributed by atoms with van der Waals surface area (Å²) in [5.74, 6) is 0.176. The third-order valence-electron chi connectivity index (χ3n) is 2.30. The van der Waals surface area contributed by atoms with Crippen molar-refractivity contribution in [1.82, 2.24) is 9.78 Å². The quantitative estimate of drug-likeness (QED) is 0.792.